The summed E-state index contributed by atoms with van der Waals surface area (Å²) in [6, 6.07) is 0.192. The molecule has 0 spiro atoms. The molecular weight excluding hydrogens is 206 g/mol. The van der Waals surface area contributed by atoms with E-state index in [9.17, 15) is 4.79 Å². The highest BCUT2D eigenvalue weighted by Gasteiger charge is 2.30. The molecule has 1 rings (SSSR count). The summed E-state index contributed by atoms with van der Waals surface area (Å²) < 4.78 is 10.4. The summed E-state index contributed by atoms with van der Waals surface area (Å²) in [5.74, 6) is 0. The number of likely N-dealkylation sites (tertiary alicyclic amines) is 1. The van der Waals surface area contributed by atoms with Crippen LogP contribution >= 0.6 is 0 Å². The van der Waals surface area contributed by atoms with Crippen molar-refractivity contribution in [1.29, 1.82) is 0 Å². The van der Waals surface area contributed by atoms with Gasteiger partial charge in [0.05, 0.1) is 19.3 Å². The quantitative estimate of drug-likeness (QED) is 0.745. The normalized spacial score (nSPS) is 21.2. The van der Waals surface area contributed by atoms with Crippen molar-refractivity contribution >= 4 is 6.09 Å². The zero-order valence-electron chi connectivity index (χ0n) is 10.8. The molecule has 1 unspecified atom stereocenters. The van der Waals surface area contributed by atoms with Crippen LogP contribution in [0.4, 0.5) is 4.79 Å². The third kappa shape index (κ3) is 4.00. The molecule has 1 heterocycles. The first-order valence-electron chi connectivity index (χ1n) is 5.86. The van der Waals surface area contributed by atoms with E-state index in [0.717, 1.165) is 19.4 Å². The Hall–Kier alpha value is -0.770. The average Bonchev–Trinajstić information content (AvgIpc) is 2.62. The van der Waals surface area contributed by atoms with Gasteiger partial charge in [-0.25, -0.2) is 4.79 Å². The number of carbonyl (C=O) groups is 1. The summed E-state index contributed by atoms with van der Waals surface area (Å²) in [5, 5.41) is 0. The summed E-state index contributed by atoms with van der Waals surface area (Å²) in [6.07, 6.45) is 1.85. The van der Waals surface area contributed by atoms with Gasteiger partial charge in [-0.3, -0.25) is 0 Å². The lowest BCUT2D eigenvalue weighted by Gasteiger charge is -2.25. The highest BCUT2D eigenvalue weighted by molar-refractivity contribution is 5.68. The third-order valence-corrected chi connectivity index (χ3v) is 2.60. The molecule has 0 aromatic heterocycles. The third-order valence-electron chi connectivity index (χ3n) is 2.60. The van der Waals surface area contributed by atoms with Crippen LogP contribution in [0, 0.1) is 5.41 Å². The number of rotatable bonds is 3. The van der Waals surface area contributed by atoms with Gasteiger partial charge < -0.3 is 14.4 Å². The van der Waals surface area contributed by atoms with E-state index in [2.05, 4.69) is 20.8 Å². The number of carbonyl (C=O) groups excluding carboxylic acids is 1. The zero-order chi connectivity index (χ0) is 12.2. The van der Waals surface area contributed by atoms with Gasteiger partial charge in [-0.2, -0.15) is 0 Å². The number of amides is 1. The first-order valence-corrected chi connectivity index (χ1v) is 5.86. The van der Waals surface area contributed by atoms with Crippen molar-refractivity contribution in [3.8, 4) is 0 Å². The maximum absolute atomic E-state index is 11.8. The standard InChI is InChI=1S/C12H23NO3/c1-12(2,3)9-16-11(14)13-7-5-6-10(13)8-15-4/h10H,5-9H2,1-4H3. The summed E-state index contributed by atoms with van der Waals surface area (Å²) in [5.41, 5.74) is 0.0200. The maximum Gasteiger partial charge on any atom is 0.410 e. The van der Waals surface area contributed by atoms with Crippen LogP contribution < -0.4 is 0 Å². The number of methoxy groups -OCH3 is 1. The first kappa shape index (κ1) is 13.3. The second-order valence-corrected chi connectivity index (χ2v) is 5.56. The van der Waals surface area contributed by atoms with Crippen LogP contribution in [-0.2, 0) is 9.47 Å². The molecule has 0 radical (unpaired) electrons. The molecule has 0 saturated carbocycles. The van der Waals surface area contributed by atoms with Crippen LogP contribution in [0.15, 0.2) is 0 Å². The van der Waals surface area contributed by atoms with Crippen molar-refractivity contribution in [3.05, 3.63) is 0 Å². The van der Waals surface area contributed by atoms with Gasteiger partial charge in [0.15, 0.2) is 0 Å². The van der Waals surface area contributed by atoms with Gasteiger partial charge in [0, 0.05) is 13.7 Å². The van der Waals surface area contributed by atoms with Crippen LogP contribution in [0.5, 0.6) is 0 Å². The average molecular weight is 229 g/mol. The summed E-state index contributed by atoms with van der Waals surface area (Å²) in [4.78, 5) is 13.6. The van der Waals surface area contributed by atoms with E-state index < -0.39 is 0 Å². The second-order valence-electron chi connectivity index (χ2n) is 5.56. The molecule has 0 aromatic rings. The van der Waals surface area contributed by atoms with Crippen LogP contribution in [0.1, 0.15) is 33.6 Å². The molecule has 0 N–H and O–H groups in total. The van der Waals surface area contributed by atoms with E-state index in [0.29, 0.717) is 13.2 Å². The topological polar surface area (TPSA) is 38.8 Å². The molecular formula is C12H23NO3. The summed E-state index contributed by atoms with van der Waals surface area (Å²) in [7, 11) is 1.66. The van der Waals surface area contributed by atoms with E-state index in [1.807, 2.05) is 0 Å². The van der Waals surface area contributed by atoms with Gasteiger partial charge in [0.25, 0.3) is 0 Å². The molecule has 94 valence electrons. The molecule has 0 bridgehead atoms. The van der Waals surface area contributed by atoms with Gasteiger partial charge >= 0.3 is 6.09 Å². The minimum atomic E-state index is -0.200. The van der Waals surface area contributed by atoms with Gasteiger partial charge in [0.2, 0.25) is 0 Å². The minimum Gasteiger partial charge on any atom is -0.449 e. The molecule has 0 aromatic carbocycles. The lowest BCUT2D eigenvalue weighted by atomic mass is 9.99. The largest absolute Gasteiger partial charge is 0.449 e. The molecule has 1 atom stereocenters. The SMILES string of the molecule is COCC1CCCN1C(=O)OCC(C)(C)C. The van der Waals surface area contributed by atoms with E-state index in [4.69, 9.17) is 9.47 Å². The van der Waals surface area contributed by atoms with E-state index in [1.165, 1.54) is 0 Å². The fourth-order valence-electron chi connectivity index (χ4n) is 1.80. The summed E-state index contributed by atoms with van der Waals surface area (Å²) in [6.45, 7) is 8.01. The molecule has 1 amide bonds. The van der Waals surface area contributed by atoms with E-state index in [-0.39, 0.29) is 17.6 Å². The number of hydrogen-bond acceptors (Lipinski definition) is 3. The Morgan fingerprint density at radius 3 is 2.69 bits per heavy atom. The molecule has 1 aliphatic heterocycles. The van der Waals surface area contributed by atoms with E-state index in [1.54, 1.807) is 12.0 Å². The first-order chi connectivity index (χ1) is 7.44. The fraction of sp³-hybridized carbons (Fsp3) is 0.917. The molecule has 4 nitrogen and oxygen atoms in total. The van der Waals surface area contributed by atoms with Crippen molar-refractivity contribution in [1.82, 2.24) is 4.90 Å². The Kier molecular flexibility index (Phi) is 4.59. The number of ether oxygens (including phenoxy) is 2. The molecule has 1 fully saturated rings. The highest BCUT2D eigenvalue weighted by atomic mass is 16.6. The van der Waals surface area contributed by atoms with Crippen molar-refractivity contribution in [2.75, 3.05) is 26.9 Å². The van der Waals surface area contributed by atoms with E-state index >= 15 is 0 Å². The fourth-order valence-corrected chi connectivity index (χ4v) is 1.80. The monoisotopic (exact) mass is 229 g/mol. The van der Waals surface area contributed by atoms with Gasteiger partial charge in [-0.15, -0.1) is 0 Å². The Labute approximate surface area is 97.9 Å². The Morgan fingerprint density at radius 1 is 1.44 bits per heavy atom. The van der Waals surface area contributed by atoms with Crippen molar-refractivity contribution in [3.63, 3.8) is 0 Å². The smallest absolute Gasteiger partial charge is 0.410 e. The molecule has 1 saturated heterocycles. The van der Waals surface area contributed by atoms with Crippen LogP contribution in [-0.4, -0.2) is 43.9 Å². The molecule has 0 aliphatic carbocycles. The molecule has 1 aliphatic rings. The van der Waals surface area contributed by atoms with Gasteiger partial charge in [0.1, 0.15) is 0 Å². The Morgan fingerprint density at radius 2 is 2.12 bits per heavy atom. The van der Waals surface area contributed by atoms with Crippen LogP contribution in [0.25, 0.3) is 0 Å². The molecule has 4 heteroatoms. The Balaban J connectivity index is 2.40. The lowest BCUT2D eigenvalue weighted by Crippen LogP contribution is -2.39. The van der Waals surface area contributed by atoms with Crippen molar-refractivity contribution in [2.45, 2.75) is 39.7 Å². The predicted molar refractivity (Wildman–Crippen MR) is 62.4 cm³/mol. The summed E-state index contributed by atoms with van der Waals surface area (Å²) >= 11 is 0. The predicted octanol–water partition coefficient (Wildman–Crippen LogP) is 2.28. The van der Waals surface area contributed by atoms with Crippen LogP contribution in [0.2, 0.25) is 0 Å². The second kappa shape index (κ2) is 5.53. The highest BCUT2D eigenvalue weighted by Crippen LogP contribution is 2.20. The van der Waals surface area contributed by atoms with Crippen LogP contribution in [0.3, 0.4) is 0 Å². The van der Waals surface area contributed by atoms with Crippen molar-refractivity contribution in [2.24, 2.45) is 5.41 Å². The zero-order valence-corrected chi connectivity index (χ0v) is 10.8. The van der Waals surface area contributed by atoms with Gasteiger partial charge in [-0.1, -0.05) is 20.8 Å². The minimum absolute atomic E-state index is 0.0200. The number of nitrogens with zero attached hydrogens (tertiary/aromatic N) is 1. The van der Waals surface area contributed by atoms with Crippen molar-refractivity contribution < 1.29 is 14.3 Å². The Bertz CT molecular complexity index is 235. The van der Waals surface area contributed by atoms with Gasteiger partial charge in [-0.05, 0) is 18.3 Å². The lowest BCUT2D eigenvalue weighted by molar-refractivity contribution is 0.0542. The number of hydrogen-bond donors (Lipinski definition) is 0. The maximum atomic E-state index is 11.8. The molecule has 16 heavy (non-hydrogen) atoms.